The van der Waals surface area contributed by atoms with Crippen LogP contribution >= 0.6 is 34.8 Å². The van der Waals surface area contributed by atoms with Gasteiger partial charge < -0.3 is 19.3 Å². The zero-order valence-corrected chi connectivity index (χ0v) is 18.7. The van der Waals surface area contributed by atoms with E-state index in [0.717, 1.165) is 0 Å². The number of hydrogen-bond donors (Lipinski definition) is 1. The summed E-state index contributed by atoms with van der Waals surface area (Å²) in [5.41, 5.74) is 0.383. The van der Waals surface area contributed by atoms with E-state index in [4.69, 9.17) is 44.3 Å². The summed E-state index contributed by atoms with van der Waals surface area (Å²) in [4.78, 5) is 37.9. The van der Waals surface area contributed by atoms with Crippen LogP contribution in [0.2, 0.25) is 0 Å². The van der Waals surface area contributed by atoms with Crippen molar-refractivity contribution in [2.75, 3.05) is 13.2 Å². The van der Waals surface area contributed by atoms with Gasteiger partial charge in [0.15, 0.2) is 16.8 Å². The van der Waals surface area contributed by atoms with E-state index in [1.807, 2.05) is 0 Å². The Balaban J connectivity index is 2.14. The fourth-order valence-corrected chi connectivity index (χ4v) is 5.23. The highest BCUT2D eigenvalue weighted by Crippen LogP contribution is 2.46. The number of ether oxygens (including phenoxy) is 2. The van der Waals surface area contributed by atoms with Crippen LogP contribution in [0, 0.1) is 0 Å². The summed E-state index contributed by atoms with van der Waals surface area (Å²) in [5, 5.41) is 2.12. The number of hydrogen-bond acceptors (Lipinski definition) is 7. The number of allylic oxidation sites excluding steroid dienone is 1. The highest BCUT2D eigenvalue weighted by atomic mass is 35.6. The van der Waals surface area contributed by atoms with Gasteiger partial charge in [-0.3, -0.25) is 9.69 Å². The molecule has 0 aliphatic carbocycles. The summed E-state index contributed by atoms with van der Waals surface area (Å²) in [7, 11) is 0. The van der Waals surface area contributed by atoms with Gasteiger partial charge in [0.25, 0.3) is 5.91 Å². The third kappa shape index (κ3) is 4.64. The van der Waals surface area contributed by atoms with E-state index in [1.54, 1.807) is 27.7 Å². The van der Waals surface area contributed by atoms with E-state index in [0.29, 0.717) is 5.70 Å². The average Bonchev–Trinajstić information content (AvgIpc) is 2.74. The molecule has 2 aliphatic rings. The van der Waals surface area contributed by atoms with Gasteiger partial charge in [-0.25, -0.2) is 9.59 Å². The van der Waals surface area contributed by atoms with Crippen LogP contribution < -0.4 is 5.32 Å². The number of nitrogens with one attached hydrogen (secondary N) is 1. The smallest absolute Gasteiger partial charge is 0.334 e. The molecule has 0 saturated carbocycles. The lowest BCUT2D eigenvalue weighted by Crippen LogP contribution is -2.71. The predicted octanol–water partition coefficient (Wildman–Crippen LogP) is 1.40. The van der Waals surface area contributed by atoms with E-state index in [1.165, 1.54) is 11.0 Å². The summed E-state index contributed by atoms with van der Waals surface area (Å²) < 4.78 is 19.9. The Morgan fingerprint density at radius 1 is 1.36 bits per heavy atom. The first kappa shape index (κ1) is 23.4. The number of nitrogens with zero attached hydrogens (tertiary/aromatic N) is 1. The Hall–Kier alpha value is -0.870. The molecule has 8 nitrogen and oxygen atoms in total. The summed E-state index contributed by atoms with van der Waals surface area (Å²) in [6.45, 7) is 6.20. The number of fused-ring (bicyclic) bond motifs is 1. The molecule has 1 amide bonds. The van der Waals surface area contributed by atoms with Crippen LogP contribution in [0.15, 0.2) is 11.8 Å². The van der Waals surface area contributed by atoms with Crippen LogP contribution in [-0.2, 0) is 35.0 Å². The molecular weight excluding hydrogens is 455 g/mol. The van der Waals surface area contributed by atoms with Crippen LogP contribution in [0.4, 0.5) is 0 Å². The van der Waals surface area contributed by atoms with Crippen LogP contribution in [-0.4, -0.2) is 66.5 Å². The lowest BCUT2D eigenvalue weighted by molar-refractivity contribution is -0.163. The van der Waals surface area contributed by atoms with E-state index in [2.05, 4.69) is 5.32 Å². The Bertz CT molecular complexity index is 696. The molecule has 12 heteroatoms. The summed E-state index contributed by atoms with van der Waals surface area (Å²) in [6.07, 6.45) is 1.20. The molecule has 0 aromatic carbocycles. The summed E-state index contributed by atoms with van der Waals surface area (Å²) >= 11 is 15.2. The zero-order valence-electron chi connectivity index (χ0n) is 15.7. The van der Waals surface area contributed by atoms with E-state index in [9.17, 15) is 18.9 Å². The molecule has 0 spiro atoms. The lowest BCUT2D eigenvalue weighted by Gasteiger charge is -2.42. The second kappa shape index (κ2) is 8.47. The van der Waals surface area contributed by atoms with Crippen LogP contribution in [0.1, 0.15) is 27.7 Å². The topological polar surface area (TPSA) is 108 Å². The van der Waals surface area contributed by atoms with Gasteiger partial charge in [-0.1, -0.05) is 34.8 Å². The van der Waals surface area contributed by atoms with Crippen LogP contribution in [0.3, 0.4) is 0 Å². The maximum Gasteiger partial charge on any atom is 0.334 e. The number of β-lactam (4-membered cyclic amide) rings is 1. The standard InChI is InChI=1S/C16H21Cl3N2O6S/c1-5-26-9(22)6-8(2)20-10-12(23)21-11(14(24)27-7-16(17,18)19)15(3,4)28(25)13(10)21/h6,10-11,13,20H,5,7H2,1-4H3/b8-6+/t10?,11?,13-,28?/m1/s1. The van der Waals surface area contributed by atoms with Crippen LogP contribution in [0.25, 0.3) is 0 Å². The van der Waals surface area contributed by atoms with Crippen molar-refractivity contribution >= 4 is 63.8 Å². The summed E-state index contributed by atoms with van der Waals surface area (Å²) in [5.74, 6) is -1.79. The zero-order chi connectivity index (χ0) is 21.4. The van der Waals surface area contributed by atoms with E-state index in [-0.39, 0.29) is 6.61 Å². The minimum atomic E-state index is -1.80. The number of esters is 2. The minimum Gasteiger partial charge on any atom is -0.614 e. The minimum absolute atomic E-state index is 0.220. The maximum absolute atomic E-state index is 12.9. The number of alkyl halides is 3. The number of halogens is 3. The molecule has 0 aromatic heterocycles. The molecule has 3 unspecified atom stereocenters. The maximum atomic E-state index is 12.9. The van der Waals surface area contributed by atoms with Crippen molar-refractivity contribution in [2.45, 2.75) is 53.7 Å². The number of carbonyl (C=O) groups excluding carboxylic acids is 3. The van der Waals surface area contributed by atoms with Gasteiger partial charge in [-0.15, -0.1) is 0 Å². The Labute approximate surface area is 181 Å². The second-order valence-corrected chi connectivity index (χ2v) is 11.5. The van der Waals surface area contributed by atoms with Crippen molar-refractivity contribution in [3.8, 4) is 0 Å². The molecule has 0 radical (unpaired) electrons. The van der Waals surface area contributed by atoms with Crippen molar-refractivity contribution < 1.29 is 28.4 Å². The monoisotopic (exact) mass is 474 g/mol. The highest BCUT2D eigenvalue weighted by Gasteiger charge is 2.72. The van der Waals surface area contributed by atoms with Gasteiger partial charge in [0.2, 0.25) is 9.17 Å². The molecular formula is C16H21Cl3N2O6S. The molecule has 1 N–H and O–H groups in total. The lowest BCUT2D eigenvalue weighted by atomic mass is 9.96. The average molecular weight is 476 g/mol. The number of rotatable bonds is 6. The molecule has 0 aromatic rings. The Morgan fingerprint density at radius 2 is 1.96 bits per heavy atom. The predicted molar refractivity (Wildman–Crippen MR) is 105 cm³/mol. The molecule has 4 atom stereocenters. The third-order valence-electron chi connectivity index (χ3n) is 4.36. The van der Waals surface area contributed by atoms with E-state index >= 15 is 0 Å². The highest BCUT2D eigenvalue weighted by molar-refractivity contribution is 7.94. The first-order valence-electron chi connectivity index (χ1n) is 8.39. The molecule has 2 aliphatic heterocycles. The van der Waals surface area contributed by atoms with E-state index < -0.39 is 61.6 Å². The van der Waals surface area contributed by atoms with Crippen molar-refractivity contribution in [1.29, 1.82) is 0 Å². The normalized spacial score (nSPS) is 29.1. The molecule has 2 fully saturated rings. The first-order valence-corrected chi connectivity index (χ1v) is 10.7. The molecule has 2 rings (SSSR count). The van der Waals surface area contributed by atoms with Crippen LogP contribution in [0.5, 0.6) is 0 Å². The Kier molecular flexibility index (Phi) is 7.08. The largest absolute Gasteiger partial charge is 0.614 e. The van der Waals surface area contributed by atoms with Gasteiger partial charge >= 0.3 is 11.9 Å². The summed E-state index contributed by atoms with van der Waals surface area (Å²) in [6, 6.07) is -1.91. The van der Waals surface area contributed by atoms with Crippen molar-refractivity contribution in [2.24, 2.45) is 0 Å². The fourth-order valence-electron chi connectivity index (χ4n) is 3.15. The molecule has 2 saturated heterocycles. The SMILES string of the molecule is CCOC(=O)/C=C(\C)NC1C(=O)N2C(C(=O)OCC(Cl)(Cl)Cl)C(C)(C)[S+]([O-])[C@H]12. The van der Waals surface area contributed by atoms with Gasteiger partial charge in [0, 0.05) is 11.8 Å². The number of amides is 1. The van der Waals surface area contributed by atoms with Gasteiger partial charge in [0.1, 0.15) is 6.61 Å². The van der Waals surface area contributed by atoms with Gasteiger partial charge in [0.05, 0.1) is 6.61 Å². The molecule has 28 heavy (non-hydrogen) atoms. The molecule has 158 valence electrons. The third-order valence-corrected chi connectivity index (χ3v) is 6.89. The van der Waals surface area contributed by atoms with Gasteiger partial charge in [-0.05, 0) is 38.9 Å². The van der Waals surface area contributed by atoms with Crippen molar-refractivity contribution in [3.05, 3.63) is 11.8 Å². The molecule has 2 heterocycles. The Morgan fingerprint density at radius 3 is 2.50 bits per heavy atom. The number of carbonyl (C=O) groups is 3. The molecule has 0 bridgehead atoms. The quantitative estimate of drug-likeness (QED) is 0.203. The second-order valence-electron chi connectivity index (χ2n) is 6.86. The van der Waals surface area contributed by atoms with Crippen molar-refractivity contribution in [1.82, 2.24) is 10.2 Å². The first-order chi connectivity index (χ1) is 12.8. The van der Waals surface area contributed by atoms with Gasteiger partial charge in [-0.2, -0.15) is 0 Å². The fraction of sp³-hybridized carbons (Fsp3) is 0.688. The van der Waals surface area contributed by atoms with Crippen molar-refractivity contribution in [3.63, 3.8) is 0 Å².